The predicted octanol–water partition coefficient (Wildman–Crippen LogP) is 5.18. The summed E-state index contributed by atoms with van der Waals surface area (Å²) < 4.78 is 11.3. The zero-order valence-electron chi connectivity index (χ0n) is 14.2. The molecule has 1 saturated carbocycles. The highest BCUT2D eigenvalue weighted by Crippen LogP contribution is 2.34. The van der Waals surface area contributed by atoms with Gasteiger partial charge in [0.1, 0.15) is 0 Å². The maximum atomic E-state index is 9.56. The third kappa shape index (κ3) is 4.09. The van der Waals surface area contributed by atoms with Crippen LogP contribution in [0.5, 0.6) is 11.6 Å². The first kappa shape index (κ1) is 18.5. The largest absolute Gasteiger partial charge is 0.485 e. The molecule has 2 aromatic heterocycles. The van der Waals surface area contributed by atoms with Gasteiger partial charge < -0.3 is 9.47 Å². The number of methoxy groups -OCH3 is 1. The van der Waals surface area contributed by atoms with Crippen LogP contribution in [0, 0.1) is 11.3 Å². The van der Waals surface area contributed by atoms with Crippen LogP contribution < -0.4 is 9.47 Å². The molecule has 7 heteroatoms. The molecule has 0 N–H and O–H groups in total. The van der Waals surface area contributed by atoms with Crippen molar-refractivity contribution in [3.8, 4) is 17.7 Å². The molecule has 2 aromatic rings. The zero-order valence-corrected chi connectivity index (χ0v) is 15.7. The van der Waals surface area contributed by atoms with Crippen molar-refractivity contribution in [1.29, 1.82) is 5.26 Å². The minimum atomic E-state index is 0.171. The quantitative estimate of drug-likeness (QED) is 0.659. The van der Waals surface area contributed by atoms with Gasteiger partial charge in [0.25, 0.3) is 5.88 Å². The van der Waals surface area contributed by atoms with Gasteiger partial charge in [0.15, 0.2) is 5.75 Å². The van der Waals surface area contributed by atoms with Crippen LogP contribution in [-0.4, -0.2) is 23.2 Å². The van der Waals surface area contributed by atoms with E-state index in [-0.39, 0.29) is 6.10 Å². The first-order chi connectivity index (χ1) is 12.6. The third-order valence-electron chi connectivity index (χ3n) is 4.18. The van der Waals surface area contributed by atoms with Gasteiger partial charge in [-0.3, -0.25) is 4.98 Å². The van der Waals surface area contributed by atoms with Crippen molar-refractivity contribution in [2.45, 2.75) is 31.8 Å². The molecule has 0 atom stereocenters. The molecule has 1 aliphatic carbocycles. The maximum absolute atomic E-state index is 9.56. The number of allylic oxidation sites excluding steroid dienone is 1. The van der Waals surface area contributed by atoms with Gasteiger partial charge in [0.05, 0.1) is 34.9 Å². The molecule has 3 rings (SSSR count). The number of aromatic nitrogens is 2. The molecule has 0 radical (unpaired) electrons. The molecule has 1 aliphatic rings. The van der Waals surface area contributed by atoms with Crippen molar-refractivity contribution in [1.82, 2.24) is 9.97 Å². The van der Waals surface area contributed by atoms with E-state index in [1.165, 1.54) is 12.4 Å². The van der Waals surface area contributed by atoms with E-state index in [1.807, 2.05) is 6.07 Å². The summed E-state index contributed by atoms with van der Waals surface area (Å²) in [5.41, 5.74) is 1.46. The van der Waals surface area contributed by atoms with Crippen LogP contribution in [0.1, 0.15) is 36.8 Å². The summed E-state index contributed by atoms with van der Waals surface area (Å²) in [5, 5.41) is 10.2. The smallest absolute Gasteiger partial charge is 0.256 e. The number of halogens is 2. The normalized spacial score (nSPS) is 14.9. The Morgan fingerprint density at radius 2 is 1.92 bits per heavy atom. The molecule has 0 aliphatic heterocycles. The van der Waals surface area contributed by atoms with E-state index in [4.69, 9.17) is 32.7 Å². The van der Waals surface area contributed by atoms with Crippen molar-refractivity contribution in [2.75, 3.05) is 7.11 Å². The highest BCUT2D eigenvalue weighted by Gasteiger charge is 2.19. The molecular formula is C19H17Cl2N3O2. The predicted molar refractivity (Wildman–Crippen MR) is 101 cm³/mol. The van der Waals surface area contributed by atoms with E-state index in [1.54, 1.807) is 19.4 Å². The molecule has 0 saturated heterocycles. The Kier molecular flexibility index (Phi) is 5.97. The molecule has 0 unspecified atom stereocenters. The van der Waals surface area contributed by atoms with E-state index < -0.39 is 0 Å². The topological polar surface area (TPSA) is 68.0 Å². The van der Waals surface area contributed by atoms with E-state index >= 15 is 0 Å². The third-order valence-corrected chi connectivity index (χ3v) is 4.76. The Bertz CT molecular complexity index is 851. The average Bonchev–Trinajstić information content (AvgIpc) is 3.14. The van der Waals surface area contributed by atoms with Gasteiger partial charge in [-0.2, -0.15) is 5.26 Å². The summed E-state index contributed by atoms with van der Waals surface area (Å²) in [6.45, 7) is 0. The van der Waals surface area contributed by atoms with E-state index in [2.05, 4.69) is 16.0 Å². The Hall–Kier alpha value is -2.29. The van der Waals surface area contributed by atoms with Crippen molar-refractivity contribution in [3.05, 3.63) is 45.8 Å². The standard InChI is InChI=1S/C19H17Cl2N3O2/c1-25-19-17(26-14-4-2-3-5-14)7-12(9-24-19)6-13(8-22)18-15(20)10-23-11-16(18)21/h6-7,9-11,14H,2-5H2,1H3. The number of nitriles is 1. The molecule has 0 aromatic carbocycles. The number of ether oxygens (including phenoxy) is 2. The van der Waals surface area contributed by atoms with Crippen LogP contribution >= 0.6 is 23.2 Å². The highest BCUT2D eigenvalue weighted by atomic mass is 35.5. The number of nitrogens with zero attached hydrogens (tertiary/aromatic N) is 3. The summed E-state index contributed by atoms with van der Waals surface area (Å²) in [7, 11) is 1.55. The SMILES string of the molecule is COc1ncc(C=C(C#N)c2c(Cl)cncc2Cl)cc1OC1CCCC1. The lowest BCUT2D eigenvalue weighted by atomic mass is 10.1. The van der Waals surface area contributed by atoms with Gasteiger partial charge in [0, 0.05) is 24.2 Å². The molecule has 1 fully saturated rings. The van der Waals surface area contributed by atoms with Crippen molar-refractivity contribution < 1.29 is 9.47 Å². The van der Waals surface area contributed by atoms with Gasteiger partial charge in [-0.15, -0.1) is 0 Å². The fraction of sp³-hybridized carbons (Fsp3) is 0.316. The van der Waals surface area contributed by atoms with Crippen LogP contribution in [0.15, 0.2) is 24.7 Å². The van der Waals surface area contributed by atoms with Crippen molar-refractivity contribution >= 4 is 34.9 Å². The molecule has 0 amide bonds. The average molecular weight is 390 g/mol. The number of rotatable bonds is 5. The second-order valence-electron chi connectivity index (χ2n) is 5.95. The second-order valence-corrected chi connectivity index (χ2v) is 6.76. The molecule has 0 spiro atoms. The van der Waals surface area contributed by atoms with Gasteiger partial charge in [-0.05, 0) is 43.4 Å². The maximum Gasteiger partial charge on any atom is 0.256 e. The first-order valence-corrected chi connectivity index (χ1v) is 9.00. The van der Waals surface area contributed by atoms with Crippen LogP contribution in [0.2, 0.25) is 10.0 Å². The summed E-state index contributed by atoms with van der Waals surface area (Å²) in [5.74, 6) is 0.991. The lowest BCUT2D eigenvalue weighted by Crippen LogP contribution is -2.12. The van der Waals surface area contributed by atoms with Crippen LogP contribution in [0.3, 0.4) is 0 Å². The van der Waals surface area contributed by atoms with Crippen LogP contribution in [-0.2, 0) is 0 Å². The Morgan fingerprint density at radius 3 is 2.54 bits per heavy atom. The first-order valence-electron chi connectivity index (χ1n) is 8.24. The van der Waals surface area contributed by atoms with Gasteiger partial charge >= 0.3 is 0 Å². The van der Waals surface area contributed by atoms with Crippen LogP contribution in [0.4, 0.5) is 0 Å². The fourth-order valence-electron chi connectivity index (χ4n) is 2.95. The van der Waals surface area contributed by atoms with E-state index in [9.17, 15) is 5.26 Å². The summed E-state index contributed by atoms with van der Waals surface area (Å²) in [6.07, 6.45) is 10.7. The monoisotopic (exact) mass is 389 g/mol. The number of hydrogen-bond donors (Lipinski definition) is 0. The molecule has 2 heterocycles. The fourth-order valence-corrected chi connectivity index (χ4v) is 3.51. The molecule has 134 valence electrons. The van der Waals surface area contributed by atoms with Gasteiger partial charge in [-0.1, -0.05) is 23.2 Å². The minimum Gasteiger partial charge on any atom is -0.485 e. The molecule has 5 nitrogen and oxygen atoms in total. The number of hydrogen-bond acceptors (Lipinski definition) is 5. The summed E-state index contributed by atoms with van der Waals surface area (Å²) >= 11 is 12.3. The van der Waals surface area contributed by atoms with E-state index in [0.29, 0.717) is 38.4 Å². The van der Waals surface area contributed by atoms with Crippen LogP contribution in [0.25, 0.3) is 11.6 Å². The molecule has 26 heavy (non-hydrogen) atoms. The summed E-state index contributed by atoms with van der Waals surface area (Å²) in [4.78, 5) is 8.20. The molecular weight excluding hydrogens is 373 g/mol. The van der Waals surface area contributed by atoms with Crippen molar-refractivity contribution in [3.63, 3.8) is 0 Å². The second kappa shape index (κ2) is 8.39. The van der Waals surface area contributed by atoms with Crippen molar-refractivity contribution in [2.24, 2.45) is 0 Å². The van der Waals surface area contributed by atoms with Gasteiger partial charge in [0.2, 0.25) is 0 Å². The van der Waals surface area contributed by atoms with E-state index in [0.717, 1.165) is 25.7 Å². The lowest BCUT2D eigenvalue weighted by Gasteiger charge is -2.15. The number of pyridine rings is 2. The summed E-state index contributed by atoms with van der Waals surface area (Å²) in [6, 6.07) is 3.94. The lowest BCUT2D eigenvalue weighted by molar-refractivity contribution is 0.198. The minimum absolute atomic E-state index is 0.171. The Morgan fingerprint density at radius 1 is 1.23 bits per heavy atom. The Balaban J connectivity index is 1.97. The van der Waals surface area contributed by atoms with Gasteiger partial charge in [-0.25, -0.2) is 4.98 Å². The Labute approximate surface area is 162 Å². The highest BCUT2D eigenvalue weighted by molar-refractivity contribution is 6.38. The zero-order chi connectivity index (χ0) is 18.5. The molecule has 0 bridgehead atoms.